The van der Waals surface area contributed by atoms with E-state index in [2.05, 4.69) is 0 Å². The van der Waals surface area contributed by atoms with Crippen LogP contribution in [0.1, 0.15) is 17.0 Å². The SMILES string of the molecule is COC(=O)C(COc1ccccc1F)c1cccc(C)c1. The van der Waals surface area contributed by atoms with Gasteiger partial charge in [0.25, 0.3) is 0 Å². The predicted octanol–water partition coefficient (Wildman–Crippen LogP) is 3.47. The number of rotatable bonds is 5. The van der Waals surface area contributed by atoms with E-state index in [1.807, 2.05) is 31.2 Å². The van der Waals surface area contributed by atoms with Crippen molar-refractivity contribution >= 4 is 5.97 Å². The number of hydrogen-bond acceptors (Lipinski definition) is 3. The average molecular weight is 288 g/mol. The Morgan fingerprint density at radius 3 is 2.62 bits per heavy atom. The summed E-state index contributed by atoms with van der Waals surface area (Å²) in [4.78, 5) is 11.9. The molecule has 4 heteroatoms. The zero-order chi connectivity index (χ0) is 15.2. The van der Waals surface area contributed by atoms with Gasteiger partial charge in [-0.05, 0) is 24.6 Å². The molecule has 0 aliphatic heterocycles. The van der Waals surface area contributed by atoms with Gasteiger partial charge < -0.3 is 9.47 Å². The summed E-state index contributed by atoms with van der Waals surface area (Å²) >= 11 is 0. The van der Waals surface area contributed by atoms with Gasteiger partial charge in [0.1, 0.15) is 12.5 Å². The van der Waals surface area contributed by atoms with Gasteiger partial charge in [-0.3, -0.25) is 4.79 Å². The molecular formula is C17H17FO3. The molecule has 3 nitrogen and oxygen atoms in total. The van der Waals surface area contributed by atoms with Crippen LogP contribution in [0.4, 0.5) is 4.39 Å². The van der Waals surface area contributed by atoms with Crippen molar-refractivity contribution in [1.29, 1.82) is 0 Å². The molecule has 2 aromatic rings. The smallest absolute Gasteiger partial charge is 0.316 e. The van der Waals surface area contributed by atoms with Gasteiger partial charge in [0.15, 0.2) is 11.6 Å². The first-order chi connectivity index (χ1) is 10.1. The number of hydrogen-bond donors (Lipinski definition) is 0. The van der Waals surface area contributed by atoms with Crippen LogP contribution in [0.25, 0.3) is 0 Å². The number of aryl methyl sites for hydroxylation is 1. The number of ether oxygens (including phenoxy) is 2. The zero-order valence-electron chi connectivity index (χ0n) is 12.0. The van der Waals surface area contributed by atoms with E-state index in [9.17, 15) is 9.18 Å². The maximum Gasteiger partial charge on any atom is 0.316 e. The Labute approximate surface area is 123 Å². The molecule has 2 aromatic carbocycles. The number of carbonyl (C=O) groups excluding carboxylic acids is 1. The highest BCUT2D eigenvalue weighted by Gasteiger charge is 2.23. The minimum Gasteiger partial charge on any atom is -0.489 e. The fraction of sp³-hybridized carbons (Fsp3) is 0.235. The van der Waals surface area contributed by atoms with Gasteiger partial charge in [-0.2, -0.15) is 0 Å². The summed E-state index contributed by atoms with van der Waals surface area (Å²) < 4.78 is 23.8. The lowest BCUT2D eigenvalue weighted by Crippen LogP contribution is -2.21. The molecule has 0 fully saturated rings. The summed E-state index contributed by atoms with van der Waals surface area (Å²) in [5.74, 6) is -1.32. The van der Waals surface area contributed by atoms with Crippen molar-refractivity contribution in [3.63, 3.8) is 0 Å². The molecule has 21 heavy (non-hydrogen) atoms. The standard InChI is InChI=1S/C17H17FO3/c1-12-6-5-7-13(10-12)14(17(19)20-2)11-21-16-9-4-3-8-15(16)18/h3-10,14H,11H2,1-2H3. The van der Waals surface area contributed by atoms with Gasteiger partial charge in [0.2, 0.25) is 0 Å². The molecule has 0 aliphatic rings. The van der Waals surface area contributed by atoms with Gasteiger partial charge in [0.05, 0.1) is 7.11 Å². The first-order valence-corrected chi connectivity index (χ1v) is 6.63. The third-order valence-electron chi connectivity index (χ3n) is 3.17. The van der Waals surface area contributed by atoms with Crippen molar-refractivity contribution in [3.8, 4) is 5.75 Å². The van der Waals surface area contributed by atoms with Crippen molar-refractivity contribution in [2.24, 2.45) is 0 Å². The van der Waals surface area contributed by atoms with Crippen LogP contribution in [0.2, 0.25) is 0 Å². The molecule has 110 valence electrons. The van der Waals surface area contributed by atoms with E-state index in [-0.39, 0.29) is 12.4 Å². The molecule has 0 bridgehead atoms. The lowest BCUT2D eigenvalue weighted by molar-refractivity contribution is -0.143. The Balaban J connectivity index is 2.18. The second-order valence-electron chi connectivity index (χ2n) is 4.73. The molecule has 0 saturated heterocycles. The van der Waals surface area contributed by atoms with E-state index < -0.39 is 17.7 Å². The molecule has 0 spiro atoms. The Morgan fingerprint density at radius 2 is 1.95 bits per heavy atom. The first kappa shape index (κ1) is 15.0. The largest absolute Gasteiger partial charge is 0.489 e. The third-order valence-corrected chi connectivity index (χ3v) is 3.17. The van der Waals surface area contributed by atoms with E-state index in [1.54, 1.807) is 12.1 Å². The molecule has 0 heterocycles. The fourth-order valence-electron chi connectivity index (χ4n) is 2.06. The zero-order valence-corrected chi connectivity index (χ0v) is 12.0. The molecule has 2 rings (SSSR count). The Morgan fingerprint density at radius 1 is 1.19 bits per heavy atom. The van der Waals surface area contributed by atoms with Crippen LogP contribution in [0.3, 0.4) is 0 Å². The minimum atomic E-state index is -0.588. The van der Waals surface area contributed by atoms with Crippen LogP contribution in [0.15, 0.2) is 48.5 Å². The molecule has 1 atom stereocenters. The summed E-state index contributed by atoms with van der Waals surface area (Å²) in [6.45, 7) is 1.96. The van der Waals surface area contributed by atoms with Crippen molar-refractivity contribution < 1.29 is 18.7 Å². The fourth-order valence-corrected chi connectivity index (χ4v) is 2.06. The third kappa shape index (κ3) is 3.81. The van der Waals surface area contributed by atoms with Crippen LogP contribution in [0, 0.1) is 12.7 Å². The van der Waals surface area contributed by atoms with Crippen LogP contribution >= 0.6 is 0 Å². The molecule has 1 unspecified atom stereocenters. The molecule has 0 aliphatic carbocycles. The van der Waals surface area contributed by atoms with Crippen molar-refractivity contribution in [1.82, 2.24) is 0 Å². The number of para-hydroxylation sites is 1. The number of carbonyl (C=O) groups is 1. The molecular weight excluding hydrogens is 271 g/mol. The average Bonchev–Trinajstić information content (AvgIpc) is 2.49. The quantitative estimate of drug-likeness (QED) is 0.790. The van der Waals surface area contributed by atoms with Crippen LogP contribution in [-0.2, 0) is 9.53 Å². The van der Waals surface area contributed by atoms with Gasteiger partial charge in [-0.25, -0.2) is 4.39 Å². The summed E-state index contributed by atoms with van der Waals surface area (Å²) in [6.07, 6.45) is 0. The topological polar surface area (TPSA) is 35.5 Å². The highest BCUT2D eigenvalue weighted by atomic mass is 19.1. The Bertz CT molecular complexity index is 625. The summed E-state index contributed by atoms with van der Waals surface area (Å²) in [6, 6.07) is 13.6. The first-order valence-electron chi connectivity index (χ1n) is 6.63. The second kappa shape index (κ2) is 6.88. The molecule has 0 saturated carbocycles. The van der Waals surface area contributed by atoms with Crippen LogP contribution in [0.5, 0.6) is 5.75 Å². The molecule has 0 N–H and O–H groups in total. The predicted molar refractivity (Wildman–Crippen MR) is 77.8 cm³/mol. The lowest BCUT2D eigenvalue weighted by Gasteiger charge is -2.16. The van der Waals surface area contributed by atoms with Crippen molar-refractivity contribution in [2.45, 2.75) is 12.8 Å². The second-order valence-corrected chi connectivity index (χ2v) is 4.73. The highest BCUT2D eigenvalue weighted by Crippen LogP contribution is 2.22. The summed E-state index contributed by atoms with van der Waals surface area (Å²) in [5.41, 5.74) is 1.82. The number of methoxy groups -OCH3 is 1. The van der Waals surface area contributed by atoms with E-state index in [1.165, 1.54) is 19.2 Å². The van der Waals surface area contributed by atoms with E-state index in [0.717, 1.165) is 11.1 Å². The minimum absolute atomic E-state index is 0.0249. The highest BCUT2D eigenvalue weighted by molar-refractivity contribution is 5.78. The number of halogens is 1. The van der Waals surface area contributed by atoms with Crippen molar-refractivity contribution in [2.75, 3.05) is 13.7 Å². The Hall–Kier alpha value is -2.36. The van der Waals surface area contributed by atoms with Crippen LogP contribution < -0.4 is 4.74 Å². The summed E-state index contributed by atoms with van der Waals surface area (Å²) in [5, 5.41) is 0. The van der Waals surface area contributed by atoms with E-state index in [0.29, 0.717) is 0 Å². The molecule has 0 radical (unpaired) electrons. The van der Waals surface area contributed by atoms with Crippen LogP contribution in [-0.4, -0.2) is 19.7 Å². The monoisotopic (exact) mass is 288 g/mol. The maximum absolute atomic E-state index is 13.5. The van der Waals surface area contributed by atoms with Gasteiger partial charge in [-0.1, -0.05) is 42.0 Å². The summed E-state index contributed by atoms with van der Waals surface area (Å²) in [7, 11) is 1.33. The Kier molecular flexibility index (Phi) is 4.93. The van der Waals surface area contributed by atoms with Gasteiger partial charge in [0, 0.05) is 0 Å². The van der Waals surface area contributed by atoms with E-state index in [4.69, 9.17) is 9.47 Å². The molecule has 0 aromatic heterocycles. The normalized spacial score (nSPS) is 11.8. The number of esters is 1. The van der Waals surface area contributed by atoms with E-state index >= 15 is 0 Å². The lowest BCUT2D eigenvalue weighted by atomic mass is 9.98. The maximum atomic E-state index is 13.5. The number of benzene rings is 2. The van der Waals surface area contributed by atoms with Gasteiger partial charge >= 0.3 is 5.97 Å². The van der Waals surface area contributed by atoms with Gasteiger partial charge in [-0.15, -0.1) is 0 Å². The van der Waals surface area contributed by atoms with Crippen molar-refractivity contribution in [3.05, 3.63) is 65.5 Å². The molecule has 0 amide bonds.